The number of ether oxygens (including phenoxy) is 1. The first-order chi connectivity index (χ1) is 9.96. The molecule has 0 radical (unpaired) electrons. The van der Waals surface area contributed by atoms with Crippen molar-refractivity contribution in [2.45, 2.75) is 66.0 Å². The van der Waals surface area contributed by atoms with E-state index in [9.17, 15) is 0 Å². The largest absolute Gasteiger partial charge is 0.377 e. The fraction of sp³-hybridized carbons (Fsp3) is 0.941. The average molecular weight is 423 g/mol. The van der Waals surface area contributed by atoms with Crippen molar-refractivity contribution in [3.8, 4) is 0 Å². The minimum absolute atomic E-state index is 0. The molecule has 1 aliphatic heterocycles. The van der Waals surface area contributed by atoms with Gasteiger partial charge in [-0.15, -0.1) is 24.0 Å². The van der Waals surface area contributed by atoms with Crippen LogP contribution < -0.4 is 10.6 Å². The van der Waals surface area contributed by atoms with Crippen molar-refractivity contribution >= 4 is 29.9 Å². The van der Waals surface area contributed by atoms with Crippen LogP contribution in [0.15, 0.2) is 4.99 Å². The summed E-state index contributed by atoms with van der Waals surface area (Å²) in [6, 6.07) is 0.480. The van der Waals surface area contributed by atoms with Crippen molar-refractivity contribution in [2.75, 3.05) is 19.7 Å². The Hall–Kier alpha value is -0.0400. The van der Waals surface area contributed by atoms with Crippen LogP contribution in [0.3, 0.4) is 0 Å². The van der Waals surface area contributed by atoms with Crippen molar-refractivity contribution in [3.63, 3.8) is 0 Å². The molecule has 3 unspecified atom stereocenters. The standard InChI is InChI=1S/C17H33N3O.HI/c1-6-18-16(19-10-7-8-12(2)3)20-14-13-9-11-21-15(13)17(14,4)5;/h12-15H,6-11H2,1-5H3,(H2,18,19,20);1H. The van der Waals surface area contributed by atoms with Gasteiger partial charge in [0.05, 0.1) is 6.10 Å². The second kappa shape index (κ2) is 8.71. The van der Waals surface area contributed by atoms with E-state index in [0.717, 1.165) is 38.0 Å². The van der Waals surface area contributed by atoms with Crippen molar-refractivity contribution < 1.29 is 4.74 Å². The molecule has 0 bridgehead atoms. The Bertz CT molecular complexity index is 371. The molecule has 4 nitrogen and oxygen atoms in total. The number of rotatable bonds is 6. The van der Waals surface area contributed by atoms with Crippen molar-refractivity contribution in [1.29, 1.82) is 0 Å². The maximum Gasteiger partial charge on any atom is 0.191 e. The summed E-state index contributed by atoms with van der Waals surface area (Å²) in [5, 5.41) is 7.05. The summed E-state index contributed by atoms with van der Waals surface area (Å²) in [7, 11) is 0. The SMILES string of the molecule is CCNC(=NCCCC(C)C)NC1C2CCOC2C1(C)C.I. The van der Waals surface area contributed by atoms with Crippen LogP contribution in [0.5, 0.6) is 0 Å². The first kappa shape index (κ1) is 20.0. The van der Waals surface area contributed by atoms with Crippen LogP contribution in [0.2, 0.25) is 0 Å². The predicted octanol–water partition coefficient (Wildman–Crippen LogP) is 3.41. The summed E-state index contributed by atoms with van der Waals surface area (Å²) < 4.78 is 5.86. The van der Waals surface area contributed by atoms with E-state index in [2.05, 4.69) is 45.3 Å². The van der Waals surface area contributed by atoms with Gasteiger partial charge in [0.2, 0.25) is 0 Å². The zero-order chi connectivity index (χ0) is 15.5. The third-order valence-corrected chi connectivity index (χ3v) is 4.95. The van der Waals surface area contributed by atoms with E-state index in [-0.39, 0.29) is 29.4 Å². The molecular weight excluding hydrogens is 389 g/mol. The van der Waals surface area contributed by atoms with E-state index in [1.165, 1.54) is 12.8 Å². The minimum atomic E-state index is 0. The van der Waals surface area contributed by atoms with Crippen molar-refractivity contribution in [1.82, 2.24) is 10.6 Å². The number of fused-ring (bicyclic) bond motifs is 1. The quantitative estimate of drug-likeness (QED) is 0.298. The Balaban J connectivity index is 0.00000242. The van der Waals surface area contributed by atoms with Crippen LogP contribution in [-0.2, 0) is 4.74 Å². The van der Waals surface area contributed by atoms with E-state index >= 15 is 0 Å². The van der Waals surface area contributed by atoms with Crippen LogP contribution in [0.25, 0.3) is 0 Å². The van der Waals surface area contributed by atoms with Crippen molar-refractivity contribution in [2.24, 2.45) is 22.2 Å². The zero-order valence-corrected chi connectivity index (χ0v) is 17.1. The molecule has 1 heterocycles. The second-order valence-corrected chi connectivity index (χ2v) is 7.48. The lowest BCUT2D eigenvalue weighted by molar-refractivity contribution is -0.106. The Morgan fingerprint density at radius 2 is 2.09 bits per heavy atom. The van der Waals surface area contributed by atoms with Gasteiger partial charge in [-0.25, -0.2) is 0 Å². The van der Waals surface area contributed by atoms with Gasteiger partial charge >= 0.3 is 0 Å². The molecule has 0 amide bonds. The smallest absolute Gasteiger partial charge is 0.191 e. The fourth-order valence-electron chi connectivity index (χ4n) is 3.77. The first-order valence-corrected chi connectivity index (χ1v) is 8.63. The van der Waals surface area contributed by atoms with Gasteiger partial charge in [0, 0.05) is 37.1 Å². The predicted molar refractivity (Wildman–Crippen MR) is 104 cm³/mol. The molecule has 22 heavy (non-hydrogen) atoms. The number of aliphatic imine (C=N–C) groups is 1. The van der Waals surface area contributed by atoms with Crippen LogP contribution in [0, 0.1) is 17.3 Å². The van der Waals surface area contributed by atoms with Gasteiger partial charge in [-0.3, -0.25) is 4.99 Å². The number of guanidine groups is 1. The van der Waals surface area contributed by atoms with Gasteiger partial charge in [0.15, 0.2) is 5.96 Å². The molecule has 1 aliphatic carbocycles. The summed E-state index contributed by atoms with van der Waals surface area (Å²) in [4.78, 5) is 4.74. The first-order valence-electron chi connectivity index (χ1n) is 8.63. The van der Waals surface area contributed by atoms with Crippen LogP contribution in [0.1, 0.15) is 53.9 Å². The van der Waals surface area contributed by atoms with E-state index in [1.54, 1.807) is 0 Å². The summed E-state index contributed by atoms with van der Waals surface area (Å²) in [6.07, 6.45) is 4.02. The van der Waals surface area contributed by atoms with Gasteiger partial charge in [-0.1, -0.05) is 27.7 Å². The topological polar surface area (TPSA) is 45.7 Å². The lowest BCUT2D eigenvalue weighted by Crippen LogP contribution is -2.67. The number of nitrogens with zero attached hydrogens (tertiary/aromatic N) is 1. The third kappa shape index (κ3) is 4.49. The Kier molecular flexibility index (Phi) is 7.92. The Morgan fingerprint density at radius 3 is 2.73 bits per heavy atom. The summed E-state index contributed by atoms with van der Waals surface area (Å²) >= 11 is 0. The molecule has 3 atom stereocenters. The number of halogens is 1. The maximum atomic E-state index is 5.86. The lowest BCUT2D eigenvalue weighted by Gasteiger charge is -2.54. The molecule has 2 aliphatic rings. The highest BCUT2D eigenvalue weighted by Crippen LogP contribution is 2.52. The highest BCUT2D eigenvalue weighted by atomic mass is 127. The summed E-state index contributed by atoms with van der Waals surface area (Å²) in [5.74, 6) is 2.39. The van der Waals surface area contributed by atoms with E-state index in [0.29, 0.717) is 18.1 Å². The summed E-state index contributed by atoms with van der Waals surface area (Å²) in [6.45, 7) is 14.0. The maximum absolute atomic E-state index is 5.86. The molecule has 2 fully saturated rings. The third-order valence-electron chi connectivity index (χ3n) is 4.95. The molecule has 130 valence electrons. The van der Waals surface area contributed by atoms with Crippen LogP contribution >= 0.6 is 24.0 Å². The van der Waals surface area contributed by atoms with E-state index < -0.39 is 0 Å². The number of nitrogens with one attached hydrogen (secondary N) is 2. The van der Waals surface area contributed by atoms with Gasteiger partial charge in [-0.2, -0.15) is 0 Å². The molecule has 0 aromatic heterocycles. The van der Waals surface area contributed by atoms with Crippen LogP contribution in [-0.4, -0.2) is 37.8 Å². The van der Waals surface area contributed by atoms with Crippen molar-refractivity contribution in [3.05, 3.63) is 0 Å². The van der Waals surface area contributed by atoms with Gasteiger partial charge in [-0.05, 0) is 32.1 Å². The normalized spacial score (nSPS) is 29.5. The van der Waals surface area contributed by atoms with E-state index in [4.69, 9.17) is 9.73 Å². The molecule has 1 saturated carbocycles. The average Bonchev–Trinajstić information content (AvgIpc) is 2.87. The highest BCUT2D eigenvalue weighted by Gasteiger charge is 2.59. The molecule has 2 N–H and O–H groups in total. The Morgan fingerprint density at radius 1 is 1.36 bits per heavy atom. The molecule has 5 heteroatoms. The Labute approximate surface area is 153 Å². The molecule has 2 rings (SSSR count). The molecular formula is C17H34IN3O. The monoisotopic (exact) mass is 423 g/mol. The lowest BCUT2D eigenvalue weighted by atomic mass is 9.57. The van der Waals surface area contributed by atoms with Gasteiger partial charge < -0.3 is 15.4 Å². The second-order valence-electron chi connectivity index (χ2n) is 7.48. The molecule has 1 saturated heterocycles. The van der Waals surface area contributed by atoms with E-state index in [1.807, 2.05) is 0 Å². The molecule has 0 aromatic rings. The number of hydrogen-bond acceptors (Lipinski definition) is 2. The van der Waals surface area contributed by atoms with Gasteiger partial charge in [0.25, 0.3) is 0 Å². The minimum Gasteiger partial charge on any atom is -0.377 e. The molecule has 0 spiro atoms. The fourth-order valence-corrected chi connectivity index (χ4v) is 3.77. The van der Waals surface area contributed by atoms with Crippen LogP contribution in [0.4, 0.5) is 0 Å². The molecule has 0 aromatic carbocycles. The number of hydrogen-bond donors (Lipinski definition) is 2. The zero-order valence-electron chi connectivity index (χ0n) is 14.8. The van der Waals surface area contributed by atoms with Gasteiger partial charge in [0.1, 0.15) is 0 Å². The highest BCUT2D eigenvalue weighted by molar-refractivity contribution is 14.0. The summed E-state index contributed by atoms with van der Waals surface area (Å²) in [5.41, 5.74) is 0.204.